The highest BCUT2D eigenvalue weighted by atomic mass is 35.5. The molecule has 0 unspecified atom stereocenters. The standard InChI is InChI=1S/C16H22ClN3/c1-18-16(20-15-6-2-3-7-15)19-12-4-5-13-8-10-14(17)11-9-13/h2-3,8-11,15H,4-7,12H2,1H3,(H2,18,19,20). The molecular formula is C16H22ClN3. The normalized spacial score (nSPS) is 15.6. The zero-order chi connectivity index (χ0) is 14.2. The van der Waals surface area contributed by atoms with Crippen LogP contribution in [-0.2, 0) is 6.42 Å². The predicted octanol–water partition coefficient (Wildman–Crippen LogP) is 3.16. The monoisotopic (exact) mass is 291 g/mol. The van der Waals surface area contributed by atoms with Crippen LogP contribution in [0.3, 0.4) is 0 Å². The number of rotatable bonds is 5. The number of guanidine groups is 1. The smallest absolute Gasteiger partial charge is 0.191 e. The second kappa shape index (κ2) is 7.95. The largest absolute Gasteiger partial charge is 0.356 e. The molecule has 0 radical (unpaired) electrons. The fourth-order valence-electron chi connectivity index (χ4n) is 2.27. The van der Waals surface area contributed by atoms with Gasteiger partial charge in [0.25, 0.3) is 0 Å². The third kappa shape index (κ3) is 4.89. The summed E-state index contributed by atoms with van der Waals surface area (Å²) in [5.74, 6) is 0.898. The third-order valence-corrected chi connectivity index (χ3v) is 3.67. The third-order valence-electron chi connectivity index (χ3n) is 3.42. The van der Waals surface area contributed by atoms with Gasteiger partial charge in [-0.1, -0.05) is 35.9 Å². The van der Waals surface area contributed by atoms with Gasteiger partial charge in [0.1, 0.15) is 0 Å². The Morgan fingerprint density at radius 3 is 2.60 bits per heavy atom. The first-order valence-electron chi connectivity index (χ1n) is 7.14. The van der Waals surface area contributed by atoms with Crippen LogP contribution in [0.4, 0.5) is 0 Å². The van der Waals surface area contributed by atoms with Crippen molar-refractivity contribution >= 4 is 17.6 Å². The van der Waals surface area contributed by atoms with Gasteiger partial charge in [0.2, 0.25) is 0 Å². The summed E-state index contributed by atoms with van der Waals surface area (Å²) >= 11 is 5.87. The van der Waals surface area contributed by atoms with Gasteiger partial charge in [-0.25, -0.2) is 0 Å². The first-order valence-corrected chi connectivity index (χ1v) is 7.52. The van der Waals surface area contributed by atoms with Gasteiger partial charge in [0.05, 0.1) is 0 Å². The van der Waals surface area contributed by atoms with Gasteiger partial charge >= 0.3 is 0 Å². The number of nitrogens with one attached hydrogen (secondary N) is 2. The zero-order valence-electron chi connectivity index (χ0n) is 11.9. The molecule has 20 heavy (non-hydrogen) atoms. The molecule has 1 aromatic carbocycles. The van der Waals surface area contributed by atoms with E-state index in [9.17, 15) is 0 Å². The summed E-state index contributed by atoms with van der Waals surface area (Å²) in [5.41, 5.74) is 1.32. The van der Waals surface area contributed by atoms with Crippen LogP contribution in [0, 0.1) is 0 Å². The molecule has 0 saturated heterocycles. The highest BCUT2D eigenvalue weighted by Crippen LogP contribution is 2.11. The van der Waals surface area contributed by atoms with Crippen LogP contribution < -0.4 is 10.6 Å². The molecule has 0 fully saturated rings. The van der Waals surface area contributed by atoms with E-state index in [0.29, 0.717) is 6.04 Å². The Labute approximate surface area is 126 Å². The molecule has 0 spiro atoms. The summed E-state index contributed by atoms with van der Waals surface area (Å²) in [4.78, 5) is 4.26. The second-order valence-corrected chi connectivity index (χ2v) is 5.45. The molecule has 1 aliphatic rings. The Hall–Kier alpha value is -1.48. The van der Waals surface area contributed by atoms with E-state index < -0.39 is 0 Å². The zero-order valence-corrected chi connectivity index (χ0v) is 12.7. The van der Waals surface area contributed by atoms with Crippen LogP contribution in [0.1, 0.15) is 24.8 Å². The predicted molar refractivity (Wildman–Crippen MR) is 86.4 cm³/mol. The summed E-state index contributed by atoms with van der Waals surface area (Å²) < 4.78 is 0. The topological polar surface area (TPSA) is 36.4 Å². The van der Waals surface area contributed by atoms with Crippen LogP contribution in [0.2, 0.25) is 5.02 Å². The SMILES string of the molecule is CN=C(NCCCc1ccc(Cl)cc1)NC1CC=CC1. The number of halogens is 1. The molecule has 108 valence electrons. The number of benzene rings is 1. The maximum Gasteiger partial charge on any atom is 0.191 e. The average molecular weight is 292 g/mol. The van der Waals surface area contributed by atoms with Gasteiger partial charge in [-0.05, 0) is 43.4 Å². The fraction of sp³-hybridized carbons (Fsp3) is 0.438. The minimum absolute atomic E-state index is 0.498. The van der Waals surface area contributed by atoms with Crippen LogP contribution in [0.5, 0.6) is 0 Å². The van der Waals surface area contributed by atoms with E-state index in [1.807, 2.05) is 19.2 Å². The van der Waals surface area contributed by atoms with Crippen LogP contribution in [0.25, 0.3) is 0 Å². The Morgan fingerprint density at radius 2 is 1.95 bits per heavy atom. The quantitative estimate of drug-likeness (QED) is 0.378. The van der Waals surface area contributed by atoms with E-state index in [1.165, 1.54) is 5.56 Å². The van der Waals surface area contributed by atoms with Gasteiger partial charge in [-0.3, -0.25) is 4.99 Å². The van der Waals surface area contributed by atoms with Gasteiger partial charge in [0, 0.05) is 24.7 Å². The van der Waals surface area contributed by atoms with Crippen molar-refractivity contribution in [3.05, 3.63) is 47.0 Å². The van der Waals surface area contributed by atoms with Crippen molar-refractivity contribution in [1.82, 2.24) is 10.6 Å². The van der Waals surface area contributed by atoms with Crippen molar-refractivity contribution in [2.75, 3.05) is 13.6 Å². The molecule has 2 N–H and O–H groups in total. The summed E-state index contributed by atoms with van der Waals surface area (Å²) in [7, 11) is 1.82. The maximum absolute atomic E-state index is 5.87. The molecule has 4 heteroatoms. The lowest BCUT2D eigenvalue weighted by Crippen LogP contribution is -2.42. The van der Waals surface area contributed by atoms with Crippen molar-refractivity contribution in [2.24, 2.45) is 4.99 Å². The Bertz CT molecular complexity index is 457. The van der Waals surface area contributed by atoms with Crippen molar-refractivity contribution in [3.63, 3.8) is 0 Å². The van der Waals surface area contributed by atoms with Crippen LogP contribution in [0.15, 0.2) is 41.4 Å². The summed E-state index contributed by atoms with van der Waals surface area (Å²) in [5, 5.41) is 7.59. The fourth-order valence-corrected chi connectivity index (χ4v) is 2.40. The second-order valence-electron chi connectivity index (χ2n) is 5.01. The van der Waals surface area contributed by atoms with E-state index in [2.05, 4.69) is 39.9 Å². The average Bonchev–Trinajstić information content (AvgIpc) is 2.97. The Kier molecular flexibility index (Phi) is 5.93. The lowest BCUT2D eigenvalue weighted by molar-refractivity contribution is 0.628. The van der Waals surface area contributed by atoms with Crippen molar-refractivity contribution in [2.45, 2.75) is 31.7 Å². The first-order chi connectivity index (χ1) is 9.78. The van der Waals surface area contributed by atoms with E-state index in [0.717, 1.165) is 43.2 Å². The number of hydrogen-bond donors (Lipinski definition) is 2. The van der Waals surface area contributed by atoms with Gasteiger partial charge in [0.15, 0.2) is 5.96 Å². The Morgan fingerprint density at radius 1 is 1.25 bits per heavy atom. The van der Waals surface area contributed by atoms with Crippen molar-refractivity contribution in [3.8, 4) is 0 Å². The molecule has 0 aromatic heterocycles. The summed E-state index contributed by atoms with van der Waals surface area (Å²) in [6.07, 6.45) is 8.73. The number of nitrogens with zero attached hydrogens (tertiary/aromatic N) is 1. The summed E-state index contributed by atoms with van der Waals surface area (Å²) in [6.45, 7) is 0.919. The molecule has 0 heterocycles. The molecule has 1 aromatic rings. The molecule has 0 atom stereocenters. The highest BCUT2D eigenvalue weighted by Gasteiger charge is 2.10. The number of aryl methyl sites for hydroxylation is 1. The Balaban J connectivity index is 1.65. The van der Waals surface area contributed by atoms with Gasteiger partial charge in [-0.2, -0.15) is 0 Å². The van der Waals surface area contributed by atoms with Gasteiger partial charge < -0.3 is 10.6 Å². The molecule has 0 bridgehead atoms. The van der Waals surface area contributed by atoms with E-state index in [1.54, 1.807) is 0 Å². The van der Waals surface area contributed by atoms with Crippen molar-refractivity contribution < 1.29 is 0 Å². The molecule has 0 aliphatic heterocycles. The molecule has 0 amide bonds. The molecular weight excluding hydrogens is 270 g/mol. The lowest BCUT2D eigenvalue weighted by atomic mass is 10.1. The van der Waals surface area contributed by atoms with Crippen molar-refractivity contribution in [1.29, 1.82) is 0 Å². The first kappa shape index (κ1) is 14.9. The van der Waals surface area contributed by atoms with Gasteiger partial charge in [-0.15, -0.1) is 0 Å². The van der Waals surface area contributed by atoms with Crippen LogP contribution in [-0.4, -0.2) is 25.6 Å². The number of aliphatic imine (C=N–C) groups is 1. The van der Waals surface area contributed by atoms with E-state index in [-0.39, 0.29) is 0 Å². The minimum Gasteiger partial charge on any atom is -0.356 e. The molecule has 3 nitrogen and oxygen atoms in total. The highest BCUT2D eigenvalue weighted by molar-refractivity contribution is 6.30. The number of hydrogen-bond acceptors (Lipinski definition) is 1. The van der Waals surface area contributed by atoms with E-state index in [4.69, 9.17) is 11.6 Å². The minimum atomic E-state index is 0.498. The molecule has 2 rings (SSSR count). The summed E-state index contributed by atoms with van der Waals surface area (Å²) in [6, 6.07) is 8.55. The van der Waals surface area contributed by atoms with E-state index >= 15 is 0 Å². The maximum atomic E-state index is 5.87. The van der Waals surface area contributed by atoms with Crippen LogP contribution >= 0.6 is 11.6 Å². The molecule has 1 aliphatic carbocycles. The lowest BCUT2D eigenvalue weighted by Gasteiger charge is -2.16. The molecule has 0 saturated carbocycles.